The highest BCUT2D eigenvalue weighted by Gasteiger charge is 2.26. The van der Waals surface area contributed by atoms with Crippen molar-refractivity contribution in [1.82, 2.24) is 4.57 Å². The molecule has 0 atom stereocenters. The normalized spacial score (nSPS) is 10.6. The van der Waals surface area contributed by atoms with Crippen LogP contribution in [-0.2, 0) is 11.3 Å². The van der Waals surface area contributed by atoms with Crippen LogP contribution in [0, 0.1) is 20.8 Å². The molecule has 0 radical (unpaired) electrons. The zero-order valence-corrected chi connectivity index (χ0v) is 16.0. The van der Waals surface area contributed by atoms with E-state index in [1.54, 1.807) is 32.0 Å². The second-order valence-electron chi connectivity index (χ2n) is 5.77. The fourth-order valence-corrected chi connectivity index (χ4v) is 3.19. The molecule has 1 aromatic carbocycles. The lowest BCUT2D eigenvalue weighted by atomic mass is 10.1. The van der Waals surface area contributed by atoms with Crippen LogP contribution in [0.2, 0.25) is 5.02 Å². The van der Waals surface area contributed by atoms with Gasteiger partial charge < -0.3 is 14.6 Å². The highest BCUT2D eigenvalue weighted by atomic mass is 35.5. The summed E-state index contributed by atoms with van der Waals surface area (Å²) in [6, 6.07) is 5.36. The number of halogens is 1. The fourth-order valence-electron chi connectivity index (χ4n) is 3.02. The average Bonchev–Trinajstić information content (AvgIpc) is 2.82. The Kier molecular flexibility index (Phi) is 5.90. The highest BCUT2D eigenvalue weighted by molar-refractivity contribution is 6.31. The van der Waals surface area contributed by atoms with Crippen molar-refractivity contribution in [2.45, 2.75) is 41.2 Å². The lowest BCUT2D eigenvalue weighted by Crippen LogP contribution is -2.15. The van der Waals surface area contributed by atoms with Crippen molar-refractivity contribution in [2.24, 2.45) is 0 Å². The Hall–Kier alpha value is -2.27. The van der Waals surface area contributed by atoms with Crippen LogP contribution in [0.4, 0.5) is 5.69 Å². The molecule has 0 saturated heterocycles. The molecule has 6 heteroatoms. The summed E-state index contributed by atoms with van der Waals surface area (Å²) in [5.74, 6) is -0.680. The minimum Gasteiger partial charge on any atom is -0.461 e. The smallest absolute Gasteiger partial charge is 0.355 e. The summed E-state index contributed by atoms with van der Waals surface area (Å²) in [4.78, 5) is 25.2. The number of carbonyl (C=O) groups excluding carboxylic acids is 2. The lowest BCUT2D eigenvalue weighted by Gasteiger charge is -2.10. The molecule has 0 saturated carbocycles. The van der Waals surface area contributed by atoms with Crippen molar-refractivity contribution in [3.8, 4) is 0 Å². The monoisotopic (exact) mass is 362 g/mol. The Labute approximate surface area is 152 Å². The maximum atomic E-state index is 12.9. The van der Waals surface area contributed by atoms with Gasteiger partial charge in [-0.1, -0.05) is 17.7 Å². The SMILES string of the molecule is CCOC(=O)c1c(C)c(C(=O)Nc2cccc(Cl)c2C)c(C)n1CC. The van der Waals surface area contributed by atoms with E-state index < -0.39 is 5.97 Å². The zero-order valence-electron chi connectivity index (χ0n) is 15.2. The molecule has 2 rings (SSSR count). The van der Waals surface area contributed by atoms with Crippen molar-refractivity contribution < 1.29 is 14.3 Å². The predicted octanol–water partition coefficient (Wildman–Crippen LogP) is 4.52. The number of amides is 1. The van der Waals surface area contributed by atoms with Crippen LogP contribution in [0.1, 0.15) is 51.5 Å². The van der Waals surface area contributed by atoms with Gasteiger partial charge in [-0.25, -0.2) is 4.79 Å². The Morgan fingerprint density at radius 1 is 1.16 bits per heavy atom. The van der Waals surface area contributed by atoms with E-state index in [1.165, 1.54) is 0 Å². The van der Waals surface area contributed by atoms with Crippen molar-refractivity contribution in [1.29, 1.82) is 0 Å². The minimum absolute atomic E-state index is 0.266. The number of aromatic nitrogens is 1. The topological polar surface area (TPSA) is 60.3 Å². The van der Waals surface area contributed by atoms with Crippen LogP contribution in [0.3, 0.4) is 0 Å². The lowest BCUT2D eigenvalue weighted by molar-refractivity contribution is 0.0512. The number of anilines is 1. The zero-order chi connectivity index (χ0) is 18.7. The summed E-state index contributed by atoms with van der Waals surface area (Å²) >= 11 is 6.12. The molecule has 0 bridgehead atoms. The van der Waals surface area contributed by atoms with E-state index in [4.69, 9.17) is 16.3 Å². The Morgan fingerprint density at radius 3 is 2.44 bits per heavy atom. The molecule has 1 N–H and O–H groups in total. The Balaban J connectivity index is 2.46. The fraction of sp³-hybridized carbons (Fsp3) is 0.368. The maximum absolute atomic E-state index is 12.9. The van der Waals surface area contributed by atoms with Gasteiger partial charge in [-0.2, -0.15) is 0 Å². The third kappa shape index (κ3) is 3.56. The molecule has 134 valence electrons. The third-order valence-corrected chi connectivity index (χ3v) is 4.70. The first-order valence-electron chi connectivity index (χ1n) is 8.26. The van der Waals surface area contributed by atoms with Gasteiger partial charge in [0.05, 0.1) is 12.2 Å². The summed E-state index contributed by atoms with van der Waals surface area (Å²) in [6.45, 7) is 10.00. The Morgan fingerprint density at radius 2 is 1.84 bits per heavy atom. The molecule has 0 spiro atoms. The molecule has 0 fully saturated rings. The number of nitrogens with one attached hydrogen (secondary N) is 1. The van der Waals surface area contributed by atoms with Crippen molar-refractivity contribution in [3.05, 3.63) is 51.3 Å². The first-order chi connectivity index (χ1) is 11.8. The molecule has 0 aliphatic carbocycles. The van der Waals surface area contributed by atoms with E-state index in [2.05, 4.69) is 5.32 Å². The van der Waals surface area contributed by atoms with Gasteiger partial charge in [-0.3, -0.25) is 4.79 Å². The summed E-state index contributed by atoms with van der Waals surface area (Å²) in [7, 11) is 0. The van der Waals surface area contributed by atoms with Crippen molar-refractivity contribution in [2.75, 3.05) is 11.9 Å². The van der Waals surface area contributed by atoms with E-state index in [0.29, 0.717) is 34.1 Å². The van der Waals surface area contributed by atoms with E-state index in [1.807, 2.05) is 25.3 Å². The number of rotatable bonds is 5. The van der Waals surface area contributed by atoms with E-state index in [0.717, 1.165) is 11.3 Å². The molecule has 0 aliphatic rings. The quantitative estimate of drug-likeness (QED) is 0.796. The number of nitrogens with zero attached hydrogens (tertiary/aromatic N) is 1. The second kappa shape index (κ2) is 7.74. The number of hydrogen-bond acceptors (Lipinski definition) is 3. The summed E-state index contributed by atoms with van der Waals surface area (Å²) in [5, 5.41) is 3.48. The van der Waals surface area contributed by atoms with Crippen LogP contribution in [0.5, 0.6) is 0 Å². The van der Waals surface area contributed by atoms with Gasteiger partial charge in [0.1, 0.15) is 5.69 Å². The number of ether oxygens (including phenoxy) is 1. The molecule has 5 nitrogen and oxygen atoms in total. The molecule has 1 aromatic heterocycles. The number of esters is 1. The van der Waals surface area contributed by atoms with Gasteiger partial charge in [0.2, 0.25) is 0 Å². The maximum Gasteiger partial charge on any atom is 0.355 e. The van der Waals surface area contributed by atoms with Crippen LogP contribution >= 0.6 is 11.6 Å². The predicted molar refractivity (Wildman–Crippen MR) is 99.7 cm³/mol. The van der Waals surface area contributed by atoms with Crippen LogP contribution in [0.15, 0.2) is 18.2 Å². The molecule has 0 aliphatic heterocycles. The molecular weight excluding hydrogens is 340 g/mol. The van der Waals surface area contributed by atoms with Crippen LogP contribution in [-0.4, -0.2) is 23.1 Å². The second-order valence-corrected chi connectivity index (χ2v) is 6.17. The van der Waals surface area contributed by atoms with E-state index >= 15 is 0 Å². The van der Waals surface area contributed by atoms with Gasteiger partial charge in [0.15, 0.2) is 0 Å². The molecule has 1 heterocycles. The summed E-state index contributed by atoms with van der Waals surface area (Å²) in [6.07, 6.45) is 0. The van der Waals surface area contributed by atoms with Crippen molar-refractivity contribution >= 4 is 29.2 Å². The van der Waals surface area contributed by atoms with Gasteiger partial charge in [0, 0.05) is 22.9 Å². The van der Waals surface area contributed by atoms with E-state index in [-0.39, 0.29) is 12.5 Å². The average molecular weight is 363 g/mol. The van der Waals surface area contributed by atoms with Crippen LogP contribution in [0.25, 0.3) is 0 Å². The summed E-state index contributed by atoms with van der Waals surface area (Å²) in [5.41, 5.74) is 3.72. The number of carbonyl (C=O) groups is 2. The van der Waals surface area contributed by atoms with Crippen LogP contribution < -0.4 is 5.32 Å². The molecular formula is C19H23ClN2O3. The summed E-state index contributed by atoms with van der Waals surface area (Å²) < 4.78 is 6.96. The largest absolute Gasteiger partial charge is 0.461 e. The Bertz CT molecular complexity index is 825. The number of benzene rings is 1. The van der Waals surface area contributed by atoms with Gasteiger partial charge in [-0.15, -0.1) is 0 Å². The number of hydrogen-bond donors (Lipinski definition) is 1. The van der Waals surface area contributed by atoms with E-state index in [9.17, 15) is 9.59 Å². The molecule has 1 amide bonds. The highest BCUT2D eigenvalue weighted by Crippen LogP contribution is 2.27. The third-order valence-electron chi connectivity index (χ3n) is 4.29. The standard InChI is InChI=1S/C19H23ClN2O3/c1-6-22-13(5)16(12(4)17(22)19(24)25-7-2)18(23)21-15-10-8-9-14(20)11(15)3/h8-10H,6-7H2,1-5H3,(H,21,23). The first-order valence-corrected chi connectivity index (χ1v) is 8.64. The minimum atomic E-state index is -0.414. The van der Waals surface area contributed by atoms with Gasteiger partial charge in [-0.05, 0) is 57.9 Å². The van der Waals surface area contributed by atoms with Gasteiger partial charge >= 0.3 is 5.97 Å². The molecule has 0 unspecified atom stereocenters. The van der Waals surface area contributed by atoms with Crippen molar-refractivity contribution in [3.63, 3.8) is 0 Å². The molecule has 2 aromatic rings. The first kappa shape index (κ1) is 19.1. The van der Waals surface area contributed by atoms with Gasteiger partial charge in [0.25, 0.3) is 5.91 Å². The molecule has 25 heavy (non-hydrogen) atoms.